The number of rotatable bonds is 6. The van der Waals surface area contributed by atoms with Crippen molar-refractivity contribution < 1.29 is 4.79 Å². The Hall–Kier alpha value is -1.77. The Morgan fingerprint density at radius 3 is 2.55 bits per heavy atom. The number of amides is 1. The molecule has 0 aromatic heterocycles. The second kappa shape index (κ2) is 7.13. The number of hydrogen-bond donors (Lipinski definition) is 0. The average Bonchev–Trinajstić information content (AvgIpc) is 2.80. The number of carbonyl (C=O) groups excluding carboxylic acids is 1. The summed E-state index contributed by atoms with van der Waals surface area (Å²) in [4.78, 5) is 13.9. The van der Waals surface area contributed by atoms with Crippen LogP contribution in [-0.2, 0) is 4.79 Å². The number of hydrogen-bond acceptors (Lipinski definition) is 1. The highest BCUT2D eigenvalue weighted by atomic mass is 16.2. The topological polar surface area (TPSA) is 20.3 Å². The van der Waals surface area contributed by atoms with Crippen molar-refractivity contribution in [2.75, 3.05) is 4.90 Å². The van der Waals surface area contributed by atoms with Crippen molar-refractivity contribution in [1.29, 1.82) is 0 Å². The van der Waals surface area contributed by atoms with Crippen LogP contribution in [0.25, 0.3) is 0 Å². The molecule has 0 aliphatic carbocycles. The Kier molecular flexibility index (Phi) is 5.22. The van der Waals surface area contributed by atoms with Gasteiger partial charge in [0.2, 0.25) is 0 Å². The first-order valence-corrected chi connectivity index (χ1v) is 7.30. The average molecular weight is 265 g/mol. The Labute approximate surface area is 122 Å². The van der Waals surface area contributed by atoms with Crippen LogP contribution in [0.5, 0.6) is 0 Å². The van der Waals surface area contributed by atoms with Crippen LogP contribution in [0.1, 0.15) is 39.0 Å². The summed E-state index contributed by atoms with van der Waals surface area (Å²) in [6.07, 6.45) is 7.40. The lowest BCUT2D eigenvalue weighted by Crippen LogP contribution is -2.23. The van der Waals surface area contributed by atoms with Gasteiger partial charge in [-0.25, -0.2) is 0 Å². The zero-order chi connectivity index (χ0) is 14.4. The molecule has 0 saturated carbocycles. The first-order chi connectivity index (χ1) is 9.77. The van der Waals surface area contributed by atoms with Gasteiger partial charge in [-0.15, -0.1) is 5.98 Å². The number of allylic oxidation sites excluding steroid dienone is 1. The summed E-state index contributed by atoms with van der Waals surface area (Å²) >= 11 is 0. The van der Waals surface area contributed by atoms with Crippen LogP contribution >= 0.6 is 0 Å². The van der Waals surface area contributed by atoms with Crippen LogP contribution in [0.4, 0.5) is 5.69 Å². The van der Waals surface area contributed by atoms with Crippen molar-refractivity contribution in [3.8, 4) is 0 Å². The third-order valence-corrected chi connectivity index (χ3v) is 3.56. The van der Waals surface area contributed by atoms with E-state index < -0.39 is 0 Å². The Balaban J connectivity index is 2.10. The molecule has 102 valence electrons. The predicted octanol–water partition coefficient (Wildman–Crippen LogP) is 3.94. The van der Waals surface area contributed by atoms with E-state index in [1.165, 1.54) is 19.3 Å². The van der Waals surface area contributed by atoms with E-state index in [-0.39, 0.29) is 5.91 Å². The number of nitrogens with zero attached hydrogens (tertiary/aromatic N) is 1. The normalized spacial score (nSPS) is 16.9. The van der Waals surface area contributed by atoms with Crippen molar-refractivity contribution in [3.63, 3.8) is 0 Å². The number of unbranched alkanes of at least 4 members (excludes halogenated alkanes) is 3. The minimum atomic E-state index is -0.00149. The summed E-state index contributed by atoms with van der Waals surface area (Å²) in [6.45, 7) is 2.20. The highest BCUT2D eigenvalue weighted by Crippen LogP contribution is 2.32. The molecule has 1 aliphatic rings. The van der Waals surface area contributed by atoms with Crippen LogP contribution in [-0.4, -0.2) is 13.8 Å². The van der Waals surface area contributed by atoms with Gasteiger partial charge in [0.25, 0.3) is 5.91 Å². The molecule has 0 atom stereocenters. The van der Waals surface area contributed by atoms with Crippen LogP contribution in [0.3, 0.4) is 0 Å². The third-order valence-electron chi connectivity index (χ3n) is 3.56. The molecule has 1 heterocycles. The van der Waals surface area contributed by atoms with E-state index in [0.717, 1.165) is 29.8 Å². The summed E-state index contributed by atoms with van der Waals surface area (Å²) < 4.78 is 0. The van der Waals surface area contributed by atoms with Gasteiger partial charge in [-0.1, -0.05) is 44.4 Å². The van der Waals surface area contributed by atoms with Gasteiger partial charge in [0, 0.05) is 17.5 Å². The lowest BCUT2D eigenvalue weighted by atomic mass is 10.00. The second-order valence-corrected chi connectivity index (χ2v) is 5.04. The van der Waals surface area contributed by atoms with Gasteiger partial charge in [-0.2, -0.15) is 0 Å². The molecule has 0 unspecified atom stereocenters. The molecule has 0 spiro atoms. The first-order valence-electron chi connectivity index (χ1n) is 7.30. The molecule has 2 radical (unpaired) electrons. The van der Waals surface area contributed by atoms with E-state index in [0.29, 0.717) is 0 Å². The van der Waals surface area contributed by atoms with Crippen LogP contribution < -0.4 is 4.90 Å². The highest BCUT2D eigenvalue weighted by Gasteiger charge is 2.27. The third kappa shape index (κ3) is 3.22. The number of anilines is 1. The molecule has 1 aromatic rings. The second-order valence-electron chi connectivity index (χ2n) is 5.04. The Morgan fingerprint density at radius 1 is 1.15 bits per heavy atom. The van der Waals surface area contributed by atoms with Crippen molar-refractivity contribution in [1.82, 2.24) is 0 Å². The van der Waals surface area contributed by atoms with Gasteiger partial charge >= 0.3 is 0 Å². The summed E-state index contributed by atoms with van der Waals surface area (Å²) in [5, 5.41) is 0. The van der Waals surface area contributed by atoms with Crippen molar-refractivity contribution in [3.05, 3.63) is 53.7 Å². The standard InChI is InChI=1S/C17H20BNO/c1-2-3-4-6-9-14-12-17(20)19(16(14)13-18)15-10-7-5-8-11-15/h5,7-8,10-13H,2-4,6,9H2,1H3/b16-13-. The minimum Gasteiger partial charge on any atom is -0.278 e. The molecule has 2 nitrogen and oxygen atoms in total. The fraction of sp³-hybridized carbons (Fsp3) is 0.353. The van der Waals surface area contributed by atoms with Gasteiger partial charge in [0.15, 0.2) is 0 Å². The van der Waals surface area contributed by atoms with Crippen LogP contribution in [0.2, 0.25) is 0 Å². The zero-order valence-electron chi connectivity index (χ0n) is 12.0. The van der Waals surface area contributed by atoms with E-state index in [1.54, 1.807) is 17.0 Å². The fourth-order valence-electron chi connectivity index (χ4n) is 2.52. The molecule has 0 fully saturated rings. The van der Waals surface area contributed by atoms with Gasteiger partial charge in [-0.3, -0.25) is 9.69 Å². The largest absolute Gasteiger partial charge is 0.278 e. The maximum atomic E-state index is 12.2. The molecular weight excluding hydrogens is 245 g/mol. The summed E-state index contributed by atoms with van der Waals surface area (Å²) in [7, 11) is 5.75. The van der Waals surface area contributed by atoms with Gasteiger partial charge < -0.3 is 0 Å². The van der Waals surface area contributed by atoms with E-state index in [2.05, 4.69) is 6.92 Å². The molecule has 1 amide bonds. The van der Waals surface area contributed by atoms with Crippen molar-refractivity contribution in [2.24, 2.45) is 0 Å². The maximum Gasteiger partial charge on any atom is 0.255 e. The fourth-order valence-corrected chi connectivity index (χ4v) is 2.52. The molecule has 3 heteroatoms. The molecule has 1 aromatic carbocycles. The minimum absolute atomic E-state index is 0.00149. The highest BCUT2D eigenvalue weighted by molar-refractivity contribution is 6.20. The molecule has 20 heavy (non-hydrogen) atoms. The molecule has 0 N–H and O–H groups in total. The lowest BCUT2D eigenvalue weighted by Gasteiger charge is -2.20. The Bertz CT molecular complexity index is 519. The maximum absolute atomic E-state index is 12.2. The van der Waals surface area contributed by atoms with Gasteiger partial charge in [-0.05, 0) is 30.5 Å². The first kappa shape index (κ1) is 14.6. The molecule has 1 aliphatic heterocycles. The van der Waals surface area contributed by atoms with E-state index in [1.807, 2.05) is 30.3 Å². The van der Waals surface area contributed by atoms with E-state index >= 15 is 0 Å². The monoisotopic (exact) mass is 265 g/mol. The van der Waals surface area contributed by atoms with E-state index in [9.17, 15) is 4.79 Å². The van der Waals surface area contributed by atoms with Gasteiger partial charge in [0.05, 0.1) is 0 Å². The summed E-state index contributed by atoms with van der Waals surface area (Å²) in [5.41, 5.74) is 2.75. The predicted molar refractivity (Wildman–Crippen MR) is 84.6 cm³/mol. The van der Waals surface area contributed by atoms with Crippen molar-refractivity contribution >= 4 is 19.4 Å². The zero-order valence-corrected chi connectivity index (χ0v) is 12.0. The quantitative estimate of drug-likeness (QED) is 0.563. The molecule has 2 rings (SSSR count). The van der Waals surface area contributed by atoms with Crippen LogP contribution in [0, 0.1) is 0 Å². The SMILES string of the molecule is [B]/C=C1/C(CCCCCC)=CC(=O)N1c1ccccc1. The molecule has 0 saturated heterocycles. The molecule has 0 bridgehead atoms. The number of para-hydroxylation sites is 1. The summed E-state index contributed by atoms with van der Waals surface area (Å²) in [5.74, 6) is 1.54. The van der Waals surface area contributed by atoms with Crippen molar-refractivity contribution in [2.45, 2.75) is 39.0 Å². The lowest BCUT2D eigenvalue weighted by molar-refractivity contribution is -0.113. The van der Waals surface area contributed by atoms with Gasteiger partial charge in [0.1, 0.15) is 7.85 Å². The summed E-state index contributed by atoms with van der Waals surface area (Å²) in [6, 6.07) is 9.64. The Morgan fingerprint density at radius 2 is 1.90 bits per heavy atom. The molecular formula is C17H20BNO. The number of carbonyl (C=O) groups is 1. The van der Waals surface area contributed by atoms with Crippen LogP contribution in [0.15, 0.2) is 53.7 Å². The van der Waals surface area contributed by atoms with E-state index in [4.69, 9.17) is 7.85 Å². The smallest absolute Gasteiger partial charge is 0.255 e. The number of benzene rings is 1.